The van der Waals surface area contributed by atoms with E-state index in [4.69, 9.17) is 4.74 Å². The number of nitrogens with zero attached hydrogens (tertiary/aromatic N) is 4. The van der Waals surface area contributed by atoms with Gasteiger partial charge >= 0.3 is 0 Å². The number of aromatic nitrogens is 2. The van der Waals surface area contributed by atoms with Crippen molar-refractivity contribution in [3.05, 3.63) is 47.8 Å². The summed E-state index contributed by atoms with van der Waals surface area (Å²) in [6.45, 7) is 8.17. The van der Waals surface area contributed by atoms with Gasteiger partial charge in [-0.1, -0.05) is 28.1 Å². The molecule has 1 N–H and O–H groups in total. The van der Waals surface area contributed by atoms with E-state index in [1.807, 2.05) is 42.8 Å². The largest absolute Gasteiger partial charge is 0.491 e. The van der Waals surface area contributed by atoms with Crippen molar-refractivity contribution in [2.75, 3.05) is 19.7 Å². The Morgan fingerprint density at radius 1 is 1.22 bits per heavy atom. The highest BCUT2D eigenvalue weighted by molar-refractivity contribution is 9.10. The first-order valence-electron chi connectivity index (χ1n) is 10.9. The Labute approximate surface area is 195 Å². The van der Waals surface area contributed by atoms with Crippen LogP contribution in [0.4, 0.5) is 0 Å². The number of halogens is 1. The van der Waals surface area contributed by atoms with E-state index in [9.17, 15) is 4.79 Å². The van der Waals surface area contributed by atoms with Crippen LogP contribution in [-0.4, -0.2) is 62.1 Å². The van der Waals surface area contributed by atoms with Gasteiger partial charge < -0.3 is 14.6 Å². The van der Waals surface area contributed by atoms with Crippen LogP contribution in [-0.2, 0) is 11.3 Å². The molecule has 0 saturated heterocycles. The molecule has 3 aromatic rings. The van der Waals surface area contributed by atoms with Gasteiger partial charge in [-0.2, -0.15) is 5.10 Å². The first-order chi connectivity index (χ1) is 15.4. The van der Waals surface area contributed by atoms with Crippen molar-refractivity contribution in [1.29, 1.82) is 0 Å². The van der Waals surface area contributed by atoms with E-state index in [0.717, 1.165) is 45.0 Å². The average Bonchev–Trinajstić information content (AvgIpc) is 3.20. The fourth-order valence-electron chi connectivity index (χ4n) is 4.49. The molecule has 2 aromatic carbocycles. The molecule has 3 heterocycles. The minimum absolute atomic E-state index is 0.0745. The number of amides is 1. The highest BCUT2D eigenvalue weighted by Gasteiger charge is 2.40. The quantitative estimate of drug-likeness (QED) is 0.555. The molecule has 8 heteroatoms. The summed E-state index contributed by atoms with van der Waals surface area (Å²) in [4.78, 5) is 23.1. The average molecular weight is 496 g/mol. The Morgan fingerprint density at radius 3 is 2.81 bits per heavy atom. The number of likely N-dealkylation sites (N-methyl/N-ethyl adjacent to an activating group) is 1. The maximum Gasteiger partial charge on any atom is 0.248 e. The Kier molecular flexibility index (Phi) is 5.41. The van der Waals surface area contributed by atoms with Crippen molar-refractivity contribution in [3.63, 3.8) is 0 Å². The second-order valence-corrected chi connectivity index (χ2v) is 9.32. The summed E-state index contributed by atoms with van der Waals surface area (Å²) in [6, 6.07) is 12.1. The minimum Gasteiger partial charge on any atom is -0.491 e. The van der Waals surface area contributed by atoms with Crippen LogP contribution in [0, 0.1) is 6.92 Å². The number of alkyl halides is 1. The van der Waals surface area contributed by atoms with Crippen molar-refractivity contribution in [1.82, 2.24) is 19.9 Å². The number of rotatable bonds is 3. The van der Waals surface area contributed by atoms with Crippen molar-refractivity contribution >= 4 is 38.6 Å². The maximum atomic E-state index is 13.5. The van der Waals surface area contributed by atoms with E-state index in [-0.39, 0.29) is 16.8 Å². The Bertz CT molecular complexity index is 1220. The first-order valence-corrected chi connectivity index (χ1v) is 11.8. The number of fused-ring (bicyclic) bond motifs is 2. The Balaban J connectivity index is 1.43. The van der Waals surface area contributed by atoms with Gasteiger partial charge in [0.1, 0.15) is 24.2 Å². The predicted molar refractivity (Wildman–Crippen MR) is 129 cm³/mol. The van der Waals surface area contributed by atoms with Crippen LogP contribution in [0.15, 0.2) is 41.5 Å². The molecular formula is C24H26BrN5O2. The molecule has 1 aromatic heterocycles. The normalized spacial score (nSPS) is 20.7. The third-order valence-electron chi connectivity index (χ3n) is 6.15. The molecule has 0 radical (unpaired) electrons. The standard InChI is InChI=1S/C24H26BrN5O2/c1-4-30-23(22(25)14(2)28-30)24(31)29-9-10-32-21-8-6-16(11-18(21)13-29)17-5-7-19-20(12-17)27-15(3)26-19/h5-8,11-12,22-23H,4,9-10,13H2,1-3H3,(H,26,27). The SMILES string of the molecule is CCN1N=C(C)C(Br)C1C(=O)N1CCOc2ccc(-c3ccc4nc(C)[nH]c4c3)cc2C1. The number of carbonyl (C=O) groups is 1. The predicted octanol–water partition coefficient (Wildman–Crippen LogP) is 4.10. The molecule has 0 bridgehead atoms. The van der Waals surface area contributed by atoms with E-state index >= 15 is 0 Å². The number of benzene rings is 2. The Hall–Kier alpha value is -2.87. The molecule has 2 aliphatic heterocycles. The number of nitrogens with one attached hydrogen (secondary N) is 1. The Morgan fingerprint density at radius 2 is 2.00 bits per heavy atom. The maximum absolute atomic E-state index is 13.5. The molecule has 2 aliphatic rings. The molecule has 32 heavy (non-hydrogen) atoms. The zero-order chi connectivity index (χ0) is 22.4. The molecule has 7 nitrogen and oxygen atoms in total. The fourth-order valence-corrected chi connectivity index (χ4v) is 5.08. The third-order valence-corrected chi connectivity index (χ3v) is 7.31. The monoisotopic (exact) mass is 495 g/mol. The number of hydrogen-bond acceptors (Lipinski definition) is 5. The molecule has 0 spiro atoms. The summed E-state index contributed by atoms with van der Waals surface area (Å²) in [6.07, 6.45) is 0. The van der Waals surface area contributed by atoms with Crippen molar-refractivity contribution in [2.24, 2.45) is 5.10 Å². The van der Waals surface area contributed by atoms with Crippen LogP contribution in [0.5, 0.6) is 5.75 Å². The van der Waals surface area contributed by atoms with Crippen molar-refractivity contribution in [3.8, 4) is 16.9 Å². The number of hydrazone groups is 1. The molecule has 2 atom stereocenters. The summed E-state index contributed by atoms with van der Waals surface area (Å²) in [5.41, 5.74) is 6.11. The third kappa shape index (κ3) is 3.66. The topological polar surface area (TPSA) is 73.8 Å². The summed E-state index contributed by atoms with van der Waals surface area (Å²) < 4.78 is 5.99. The molecular weight excluding hydrogens is 470 g/mol. The van der Waals surface area contributed by atoms with E-state index in [1.165, 1.54) is 0 Å². The number of aryl methyl sites for hydroxylation is 1. The van der Waals surface area contributed by atoms with Gasteiger partial charge in [0, 0.05) is 18.7 Å². The van der Waals surface area contributed by atoms with Gasteiger partial charge in [0.25, 0.3) is 0 Å². The number of H-pyrrole nitrogens is 1. The van der Waals surface area contributed by atoms with E-state index in [0.29, 0.717) is 26.2 Å². The summed E-state index contributed by atoms with van der Waals surface area (Å²) >= 11 is 3.67. The van der Waals surface area contributed by atoms with Crippen LogP contribution >= 0.6 is 15.9 Å². The smallest absolute Gasteiger partial charge is 0.248 e. The first kappa shape index (κ1) is 21.0. The van der Waals surface area contributed by atoms with E-state index < -0.39 is 0 Å². The zero-order valence-corrected chi connectivity index (χ0v) is 20.0. The van der Waals surface area contributed by atoms with Gasteiger partial charge in [0.2, 0.25) is 5.91 Å². The van der Waals surface area contributed by atoms with Crippen LogP contribution in [0.1, 0.15) is 25.2 Å². The molecule has 0 saturated carbocycles. The van der Waals surface area contributed by atoms with Gasteiger partial charge in [-0.3, -0.25) is 9.80 Å². The fraction of sp³-hybridized carbons (Fsp3) is 0.375. The van der Waals surface area contributed by atoms with Gasteiger partial charge in [-0.15, -0.1) is 0 Å². The summed E-state index contributed by atoms with van der Waals surface area (Å²) in [5.74, 6) is 1.81. The number of imidazole rings is 1. The minimum atomic E-state index is -0.323. The lowest BCUT2D eigenvalue weighted by Crippen LogP contribution is -2.49. The van der Waals surface area contributed by atoms with Crippen molar-refractivity contribution in [2.45, 2.75) is 38.2 Å². The van der Waals surface area contributed by atoms with Crippen molar-refractivity contribution < 1.29 is 9.53 Å². The van der Waals surface area contributed by atoms with Gasteiger partial charge in [0.15, 0.2) is 0 Å². The lowest BCUT2D eigenvalue weighted by atomic mass is 10.0. The van der Waals surface area contributed by atoms with Gasteiger partial charge in [-0.25, -0.2) is 4.98 Å². The van der Waals surface area contributed by atoms with Gasteiger partial charge in [0.05, 0.1) is 28.1 Å². The number of carbonyl (C=O) groups excluding carboxylic acids is 1. The molecule has 1 amide bonds. The molecule has 0 fully saturated rings. The second-order valence-electron chi connectivity index (χ2n) is 8.33. The van der Waals surface area contributed by atoms with Crippen LogP contribution in [0.25, 0.3) is 22.2 Å². The van der Waals surface area contributed by atoms with Crippen LogP contribution < -0.4 is 4.74 Å². The number of ether oxygens (including phenoxy) is 1. The lowest BCUT2D eigenvalue weighted by Gasteiger charge is -2.29. The number of aromatic amines is 1. The number of hydrogen-bond donors (Lipinski definition) is 1. The molecule has 0 aliphatic carbocycles. The lowest BCUT2D eigenvalue weighted by molar-refractivity contribution is -0.136. The highest BCUT2D eigenvalue weighted by atomic mass is 79.9. The van der Waals surface area contributed by atoms with Crippen LogP contribution in [0.3, 0.4) is 0 Å². The second kappa shape index (κ2) is 8.24. The van der Waals surface area contributed by atoms with Gasteiger partial charge in [-0.05, 0) is 56.2 Å². The molecule has 166 valence electrons. The molecule has 2 unspecified atom stereocenters. The zero-order valence-electron chi connectivity index (χ0n) is 18.4. The van der Waals surface area contributed by atoms with Crippen LogP contribution in [0.2, 0.25) is 0 Å². The van der Waals surface area contributed by atoms with E-state index in [2.05, 4.69) is 55.3 Å². The highest BCUT2D eigenvalue weighted by Crippen LogP contribution is 2.32. The summed E-state index contributed by atoms with van der Waals surface area (Å²) in [5, 5.41) is 6.43. The molecule has 5 rings (SSSR count). The van der Waals surface area contributed by atoms with E-state index in [1.54, 1.807) is 0 Å². The summed E-state index contributed by atoms with van der Waals surface area (Å²) in [7, 11) is 0.